The van der Waals surface area contributed by atoms with Crippen LogP contribution in [0.4, 0.5) is 11.4 Å². The molecule has 0 spiro atoms. The summed E-state index contributed by atoms with van der Waals surface area (Å²) in [6, 6.07) is 8.57. The number of pyridine rings is 1. The maximum atomic E-state index is 10.9. The normalized spacial score (nSPS) is 10.4. The molecule has 0 aliphatic carbocycles. The lowest BCUT2D eigenvalue weighted by Gasteiger charge is -2.09. The average molecular weight is 304 g/mol. The first-order valence-electron chi connectivity index (χ1n) is 6.31. The van der Waals surface area contributed by atoms with Gasteiger partial charge in [-0.2, -0.15) is 0 Å². The first-order chi connectivity index (χ1) is 9.99. The van der Waals surface area contributed by atoms with Crippen LogP contribution in [0.15, 0.2) is 35.4 Å². The molecule has 0 unspecified atom stereocenters. The largest absolute Gasteiger partial charge is 0.324 e. The van der Waals surface area contributed by atoms with Gasteiger partial charge in [-0.3, -0.25) is 16.0 Å². The molecule has 0 saturated carbocycles. The number of hydrogen-bond donors (Lipinski definition) is 2. The van der Waals surface area contributed by atoms with Crippen LogP contribution in [-0.4, -0.2) is 9.91 Å². The van der Waals surface area contributed by atoms with Gasteiger partial charge < -0.3 is 5.43 Å². The molecule has 1 aromatic carbocycles. The van der Waals surface area contributed by atoms with Crippen molar-refractivity contribution in [3.8, 4) is 0 Å². The van der Waals surface area contributed by atoms with E-state index in [-0.39, 0.29) is 5.69 Å². The van der Waals surface area contributed by atoms with Gasteiger partial charge in [-0.25, -0.2) is 4.98 Å². The van der Waals surface area contributed by atoms with Gasteiger partial charge in [0.1, 0.15) is 0 Å². The van der Waals surface area contributed by atoms with Crippen LogP contribution in [0.1, 0.15) is 16.8 Å². The molecule has 0 radical (unpaired) electrons. The minimum absolute atomic E-state index is 0.0537. The van der Waals surface area contributed by atoms with Gasteiger partial charge in [0.15, 0.2) is 0 Å². The van der Waals surface area contributed by atoms with Crippen molar-refractivity contribution in [1.82, 2.24) is 4.98 Å². The van der Waals surface area contributed by atoms with E-state index in [0.717, 1.165) is 21.8 Å². The van der Waals surface area contributed by atoms with Crippen LogP contribution in [-0.2, 0) is 5.75 Å². The molecule has 21 heavy (non-hydrogen) atoms. The van der Waals surface area contributed by atoms with E-state index in [2.05, 4.69) is 10.4 Å². The van der Waals surface area contributed by atoms with Gasteiger partial charge in [-0.1, -0.05) is 0 Å². The van der Waals surface area contributed by atoms with Crippen molar-refractivity contribution in [3.05, 3.63) is 57.3 Å². The highest BCUT2D eigenvalue weighted by Crippen LogP contribution is 2.28. The molecule has 2 aromatic rings. The molecule has 0 aliphatic heterocycles. The molecule has 110 valence electrons. The molecule has 0 aliphatic rings. The van der Waals surface area contributed by atoms with E-state index >= 15 is 0 Å². The van der Waals surface area contributed by atoms with Crippen molar-refractivity contribution in [1.29, 1.82) is 0 Å². The van der Waals surface area contributed by atoms with Crippen LogP contribution in [0.2, 0.25) is 0 Å². The summed E-state index contributed by atoms with van der Waals surface area (Å²) in [5, 5.41) is 11.7. The van der Waals surface area contributed by atoms with E-state index in [4.69, 9.17) is 5.84 Å². The van der Waals surface area contributed by atoms with E-state index in [1.54, 1.807) is 6.07 Å². The minimum atomic E-state index is -0.413. The summed E-state index contributed by atoms with van der Waals surface area (Å²) in [5.41, 5.74) is 6.16. The fourth-order valence-corrected chi connectivity index (χ4v) is 3.00. The summed E-state index contributed by atoms with van der Waals surface area (Å²) in [7, 11) is 0. The van der Waals surface area contributed by atoms with Crippen LogP contribution in [0.5, 0.6) is 0 Å². The lowest BCUT2D eigenvalue weighted by Crippen LogP contribution is -2.09. The number of nitro groups is 1. The van der Waals surface area contributed by atoms with E-state index in [1.807, 2.05) is 26.0 Å². The van der Waals surface area contributed by atoms with E-state index in [0.29, 0.717) is 11.4 Å². The second-order valence-electron chi connectivity index (χ2n) is 4.66. The second-order valence-corrected chi connectivity index (χ2v) is 5.65. The standard InChI is InChI=1S/C14H16N4O2S/c1-9-5-10(2)16-14(6-9)21-8-11-7-12(18(19)20)3-4-13(11)17-15/h3-7,17H,8,15H2,1-2H3. The zero-order chi connectivity index (χ0) is 15.4. The number of aromatic nitrogens is 1. The second kappa shape index (κ2) is 6.55. The Balaban J connectivity index is 2.21. The molecular weight excluding hydrogens is 288 g/mol. The zero-order valence-corrected chi connectivity index (χ0v) is 12.6. The lowest BCUT2D eigenvalue weighted by molar-refractivity contribution is -0.384. The maximum Gasteiger partial charge on any atom is 0.269 e. The van der Waals surface area contributed by atoms with Gasteiger partial charge in [0.2, 0.25) is 0 Å². The number of anilines is 1. The van der Waals surface area contributed by atoms with E-state index < -0.39 is 4.92 Å². The van der Waals surface area contributed by atoms with Gasteiger partial charge in [-0.05, 0) is 43.2 Å². The third-order valence-electron chi connectivity index (χ3n) is 2.90. The summed E-state index contributed by atoms with van der Waals surface area (Å²) in [5.74, 6) is 6.00. The molecule has 1 aromatic heterocycles. The van der Waals surface area contributed by atoms with Gasteiger partial charge in [0.25, 0.3) is 5.69 Å². The fraction of sp³-hybridized carbons (Fsp3) is 0.214. The Hall–Kier alpha value is -2.12. The molecule has 7 heteroatoms. The fourth-order valence-electron chi connectivity index (χ4n) is 1.98. The molecule has 0 saturated heterocycles. The number of non-ortho nitro benzene ring substituents is 1. The molecule has 0 amide bonds. The molecule has 1 heterocycles. The van der Waals surface area contributed by atoms with Crippen molar-refractivity contribution in [2.75, 3.05) is 5.43 Å². The summed E-state index contributed by atoms with van der Waals surface area (Å²) < 4.78 is 0. The Kier molecular flexibility index (Phi) is 4.77. The average Bonchev–Trinajstić information content (AvgIpc) is 2.43. The number of nitrogens with one attached hydrogen (secondary N) is 1. The van der Waals surface area contributed by atoms with Crippen LogP contribution < -0.4 is 11.3 Å². The topological polar surface area (TPSA) is 94.1 Å². The van der Waals surface area contributed by atoms with Gasteiger partial charge >= 0.3 is 0 Å². The number of hydrazine groups is 1. The Morgan fingerprint density at radius 1 is 1.33 bits per heavy atom. The molecular formula is C14H16N4O2S. The Bertz CT molecular complexity index is 656. The monoisotopic (exact) mass is 304 g/mol. The highest BCUT2D eigenvalue weighted by Gasteiger charge is 2.11. The number of nitrogens with two attached hydrogens (primary N) is 1. The molecule has 0 atom stereocenters. The Labute approximate surface area is 126 Å². The molecule has 0 fully saturated rings. The Morgan fingerprint density at radius 3 is 2.71 bits per heavy atom. The van der Waals surface area contributed by atoms with E-state index in [1.165, 1.54) is 23.9 Å². The zero-order valence-electron chi connectivity index (χ0n) is 11.8. The predicted molar refractivity (Wildman–Crippen MR) is 84.2 cm³/mol. The van der Waals surface area contributed by atoms with Crippen LogP contribution in [0, 0.1) is 24.0 Å². The van der Waals surface area contributed by atoms with Crippen LogP contribution >= 0.6 is 11.8 Å². The molecule has 0 bridgehead atoms. The highest BCUT2D eigenvalue weighted by molar-refractivity contribution is 7.98. The SMILES string of the molecule is Cc1cc(C)nc(SCc2cc([N+](=O)[O-])ccc2NN)c1. The van der Waals surface area contributed by atoms with Gasteiger partial charge in [0.05, 0.1) is 15.6 Å². The lowest BCUT2D eigenvalue weighted by atomic mass is 10.2. The quantitative estimate of drug-likeness (QED) is 0.381. The third-order valence-corrected chi connectivity index (χ3v) is 3.87. The van der Waals surface area contributed by atoms with Crippen molar-refractivity contribution in [3.63, 3.8) is 0 Å². The number of aryl methyl sites for hydroxylation is 2. The highest BCUT2D eigenvalue weighted by atomic mass is 32.2. The summed E-state index contributed by atoms with van der Waals surface area (Å²) in [6.07, 6.45) is 0. The van der Waals surface area contributed by atoms with Crippen molar-refractivity contribution < 1.29 is 4.92 Å². The predicted octanol–water partition coefficient (Wildman–Crippen LogP) is 3.18. The maximum absolute atomic E-state index is 10.9. The first kappa shape index (κ1) is 15.3. The summed E-state index contributed by atoms with van der Waals surface area (Å²) in [6.45, 7) is 3.95. The Morgan fingerprint density at radius 2 is 2.10 bits per heavy atom. The molecule has 2 rings (SSSR count). The van der Waals surface area contributed by atoms with Crippen molar-refractivity contribution in [2.45, 2.75) is 24.6 Å². The minimum Gasteiger partial charge on any atom is -0.324 e. The van der Waals surface area contributed by atoms with Crippen molar-refractivity contribution >= 4 is 23.1 Å². The van der Waals surface area contributed by atoms with Crippen LogP contribution in [0.25, 0.3) is 0 Å². The van der Waals surface area contributed by atoms with Crippen LogP contribution in [0.3, 0.4) is 0 Å². The molecule has 6 nitrogen and oxygen atoms in total. The van der Waals surface area contributed by atoms with Gasteiger partial charge in [0, 0.05) is 23.6 Å². The number of benzene rings is 1. The summed E-state index contributed by atoms with van der Waals surface area (Å²) in [4.78, 5) is 14.9. The number of nitrogen functional groups attached to an aromatic ring is 1. The number of rotatable bonds is 5. The van der Waals surface area contributed by atoms with E-state index in [9.17, 15) is 10.1 Å². The number of nitrogens with zero attached hydrogens (tertiary/aromatic N) is 2. The summed E-state index contributed by atoms with van der Waals surface area (Å²) >= 11 is 1.52. The number of thioether (sulfide) groups is 1. The van der Waals surface area contributed by atoms with Crippen molar-refractivity contribution in [2.24, 2.45) is 5.84 Å². The number of hydrogen-bond acceptors (Lipinski definition) is 6. The molecule has 3 N–H and O–H groups in total. The third kappa shape index (κ3) is 3.93. The first-order valence-corrected chi connectivity index (χ1v) is 7.30. The van der Waals surface area contributed by atoms with Gasteiger partial charge in [-0.15, -0.1) is 11.8 Å². The smallest absolute Gasteiger partial charge is 0.269 e. The number of nitro benzene ring substituents is 1.